The van der Waals surface area contributed by atoms with E-state index in [1.165, 1.54) is 11.0 Å². The number of hydrogen-bond acceptors (Lipinski definition) is 2. The van der Waals surface area contributed by atoms with Gasteiger partial charge in [0.2, 0.25) is 0 Å². The average molecular weight is 342 g/mol. The Morgan fingerprint density at radius 2 is 1.88 bits per heavy atom. The van der Waals surface area contributed by atoms with Gasteiger partial charge in [-0.3, -0.25) is 4.79 Å². The van der Waals surface area contributed by atoms with Crippen molar-refractivity contribution in [3.63, 3.8) is 0 Å². The Hall–Kier alpha value is -2.40. The summed E-state index contributed by atoms with van der Waals surface area (Å²) < 4.78 is 13.9. The Labute approximate surface area is 148 Å². The number of benzene rings is 2. The molecule has 25 heavy (non-hydrogen) atoms. The van der Waals surface area contributed by atoms with Crippen LogP contribution in [0.1, 0.15) is 11.1 Å². The van der Waals surface area contributed by atoms with Gasteiger partial charge in [0.1, 0.15) is 5.82 Å². The average Bonchev–Trinajstić information content (AvgIpc) is 2.59. The number of carbonyl (C=O) groups is 1. The molecule has 1 amide bonds. The van der Waals surface area contributed by atoms with Crippen molar-refractivity contribution in [2.45, 2.75) is 13.8 Å². The molecule has 1 aliphatic rings. The Bertz CT molecular complexity index is 754. The van der Waals surface area contributed by atoms with Gasteiger partial charge in [-0.2, -0.15) is 0 Å². The van der Waals surface area contributed by atoms with Crippen molar-refractivity contribution in [1.82, 2.24) is 0 Å². The molecule has 0 aromatic heterocycles. The van der Waals surface area contributed by atoms with Crippen LogP contribution in [0.3, 0.4) is 0 Å². The zero-order chi connectivity index (χ0) is 17.8. The second kappa shape index (κ2) is 7.66. The molecule has 5 heteroatoms. The molecule has 0 spiro atoms. The first-order valence-electron chi connectivity index (χ1n) is 8.73. The number of quaternary nitrogens is 1. The van der Waals surface area contributed by atoms with Crippen molar-refractivity contribution in [2.24, 2.45) is 0 Å². The van der Waals surface area contributed by atoms with Crippen molar-refractivity contribution in [3.05, 3.63) is 59.4 Å². The minimum Gasteiger partial charge on any atom is -0.358 e. The topological polar surface area (TPSA) is 36.8 Å². The van der Waals surface area contributed by atoms with Gasteiger partial charge in [-0.05, 0) is 43.2 Å². The van der Waals surface area contributed by atoms with E-state index in [1.807, 2.05) is 44.2 Å². The summed E-state index contributed by atoms with van der Waals surface area (Å²) in [6.45, 7) is 7.62. The number of nitrogens with one attached hydrogen (secondary N) is 2. The van der Waals surface area contributed by atoms with Gasteiger partial charge in [-0.15, -0.1) is 0 Å². The van der Waals surface area contributed by atoms with Gasteiger partial charge in [0, 0.05) is 5.69 Å². The number of aryl methyl sites for hydroxylation is 2. The van der Waals surface area contributed by atoms with Crippen LogP contribution in [0.4, 0.5) is 15.8 Å². The van der Waals surface area contributed by atoms with Crippen LogP contribution in [0, 0.1) is 19.7 Å². The molecule has 1 fully saturated rings. The fourth-order valence-corrected chi connectivity index (χ4v) is 3.24. The summed E-state index contributed by atoms with van der Waals surface area (Å²) in [6.07, 6.45) is 0. The number of carbonyl (C=O) groups excluding carboxylic acids is 1. The molecule has 2 aromatic rings. The van der Waals surface area contributed by atoms with Crippen molar-refractivity contribution in [3.8, 4) is 0 Å². The Morgan fingerprint density at radius 1 is 1.16 bits per heavy atom. The van der Waals surface area contributed by atoms with E-state index in [1.54, 1.807) is 6.07 Å². The zero-order valence-corrected chi connectivity index (χ0v) is 14.8. The highest BCUT2D eigenvalue weighted by Crippen LogP contribution is 2.18. The van der Waals surface area contributed by atoms with E-state index in [-0.39, 0.29) is 11.7 Å². The molecule has 2 N–H and O–H groups in total. The minimum atomic E-state index is -0.182. The van der Waals surface area contributed by atoms with E-state index in [2.05, 4.69) is 10.2 Å². The number of amides is 1. The molecule has 3 rings (SSSR count). The van der Waals surface area contributed by atoms with Crippen molar-refractivity contribution < 1.29 is 14.1 Å². The van der Waals surface area contributed by atoms with E-state index in [0.717, 1.165) is 43.0 Å². The first-order valence-corrected chi connectivity index (χ1v) is 8.73. The van der Waals surface area contributed by atoms with Crippen molar-refractivity contribution >= 4 is 17.3 Å². The van der Waals surface area contributed by atoms with Crippen LogP contribution < -0.4 is 15.1 Å². The van der Waals surface area contributed by atoms with Gasteiger partial charge >= 0.3 is 0 Å². The fourth-order valence-electron chi connectivity index (χ4n) is 3.24. The highest BCUT2D eigenvalue weighted by atomic mass is 19.1. The van der Waals surface area contributed by atoms with Gasteiger partial charge in [0.25, 0.3) is 5.91 Å². The molecule has 1 saturated heterocycles. The summed E-state index contributed by atoms with van der Waals surface area (Å²) in [7, 11) is 0. The monoisotopic (exact) mass is 342 g/mol. The Kier molecular flexibility index (Phi) is 5.34. The van der Waals surface area contributed by atoms with E-state index >= 15 is 0 Å². The number of halogens is 1. The first kappa shape index (κ1) is 17.4. The lowest BCUT2D eigenvalue weighted by Crippen LogP contribution is -3.15. The number of anilines is 2. The normalized spacial score (nSPS) is 15.2. The molecule has 0 unspecified atom stereocenters. The van der Waals surface area contributed by atoms with Gasteiger partial charge in [-0.1, -0.05) is 24.3 Å². The highest BCUT2D eigenvalue weighted by Gasteiger charge is 2.23. The summed E-state index contributed by atoms with van der Waals surface area (Å²) in [6, 6.07) is 12.9. The maximum atomic E-state index is 13.9. The molecule has 1 heterocycles. The maximum Gasteiger partial charge on any atom is 0.279 e. The summed E-state index contributed by atoms with van der Waals surface area (Å²) in [5.41, 5.74) is 3.74. The van der Waals surface area contributed by atoms with Gasteiger partial charge in [0.15, 0.2) is 6.54 Å². The minimum absolute atomic E-state index is 0.0306. The molecule has 0 bridgehead atoms. The largest absolute Gasteiger partial charge is 0.358 e. The molecule has 0 atom stereocenters. The number of rotatable bonds is 4. The van der Waals surface area contributed by atoms with Gasteiger partial charge in [-0.25, -0.2) is 4.39 Å². The molecular weight excluding hydrogens is 317 g/mol. The summed E-state index contributed by atoms with van der Waals surface area (Å²) in [5.74, 6) is -0.151. The van der Waals surface area contributed by atoms with Gasteiger partial charge < -0.3 is 15.1 Å². The molecular formula is C20H25FN3O+. The third kappa shape index (κ3) is 4.37. The molecule has 0 saturated carbocycles. The maximum absolute atomic E-state index is 13.9. The predicted octanol–water partition coefficient (Wildman–Crippen LogP) is 1.79. The lowest BCUT2D eigenvalue weighted by molar-refractivity contribution is -0.892. The smallest absolute Gasteiger partial charge is 0.279 e. The lowest BCUT2D eigenvalue weighted by Gasteiger charge is -2.33. The molecule has 0 aliphatic carbocycles. The number of hydrogen-bond donors (Lipinski definition) is 2. The summed E-state index contributed by atoms with van der Waals surface area (Å²) in [4.78, 5) is 15.6. The van der Waals surface area contributed by atoms with Crippen LogP contribution in [-0.4, -0.2) is 38.6 Å². The van der Waals surface area contributed by atoms with Crippen LogP contribution in [0.5, 0.6) is 0 Å². The molecule has 0 radical (unpaired) electrons. The molecule has 2 aromatic carbocycles. The van der Waals surface area contributed by atoms with E-state index < -0.39 is 0 Å². The second-order valence-electron chi connectivity index (χ2n) is 6.73. The quantitative estimate of drug-likeness (QED) is 0.889. The first-order chi connectivity index (χ1) is 12.0. The van der Waals surface area contributed by atoms with E-state index in [4.69, 9.17) is 0 Å². The predicted molar refractivity (Wildman–Crippen MR) is 98.7 cm³/mol. The molecule has 4 nitrogen and oxygen atoms in total. The van der Waals surface area contributed by atoms with Crippen LogP contribution >= 0.6 is 0 Å². The van der Waals surface area contributed by atoms with Crippen LogP contribution in [-0.2, 0) is 4.79 Å². The van der Waals surface area contributed by atoms with Crippen LogP contribution in [0.25, 0.3) is 0 Å². The second-order valence-corrected chi connectivity index (χ2v) is 6.73. The van der Waals surface area contributed by atoms with E-state index in [0.29, 0.717) is 12.2 Å². The number of nitrogens with zero attached hydrogens (tertiary/aromatic N) is 1. The van der Waals surface area contributed by atoms with Crippen LogP contribution in [0.2, 0.25) is 0 Å². The Morgan fingerprint density at radius 3 is 2.60 bits per heavy atom. The SMILES string of the molecule is Cc1ccc(C)c(NC(=O)C[NH+]2CCN(c3ccccc3F)CC2)c1. The zero-order valence-electron chi connectivity index (χ0n) is 14.8. The summed E-state index contributed by atoms with van der Waals surface area (Å²) >= 11 is 0. The van der Waals surface area contributed by atoms with Crippen molar-refractivity contribution in [2.75, 3.05) is 42.9 Å². The van der Waals surface area contributed by atoms with Crippen molar-refractivity contribution in [1.29, 1.82) is 0 Å². The number of piperazine rings is 1. The lowest BCUT2D eigenvalue weighted by atomic mass is 10.1. The third-order valence-electron chi connectivity index (χ3n) is 4.74. The molecule has 132 valence electrons. The Balaban J connectivity index is 1.53. The molecule has 1 aliphatic heterocycles. The van der Waals surface area contributed by atoms with Crippen LogP contribution in [0.15, 0.2) is 42.5 Å². The fraction of sp³-hybridized carbons (Fsp3) is 0.350. The van der Waals surface area contributed by atoms with E-state index in [9.17, 15) is 9.18 Å². The summed E-state index contributed by atoms with van der Waals surface area (Å²) in [5, 5.41) is 3.02. The third-order valence-corrected chi connectivity index (χ3v) is 4.74. The standard InChI is InChI=1S/C20H24FN3O/c1-15-7-8-16(2)18(13-15)22-20(25)14-23-9-11-24(12-10-23)19-6-4-3-5-17(19)21/h3-8,13H,9-12,14H2,1-2H3,(H,22,25)/p+1. The number of para-hydroxylation sites is 1. The highest BCUT2D eigenvalue weighted by molar-refractivity contribution is 5.92. The van der Waals surface area contributed by atoms with Gasteiger partial charge in [0.05, 0.1) is 31.9 Å².